The number of hydrogen-bond donors (Lipinski definition) is 1. The first-order chi connectivity index (χ1) is 10.1. The van der Waals surface area contributed by atoms with Gasteiger partial charge < -0.3 is 10.0 Å². The Morgan fingerprint density at radius 3 is 2.67 bits per heavy atom. The van der Waals surface area contributed by atoms with E-state index in [1.165, 1.54) is 6.42 Å². The number of carboxylic acid groups (broad SMARTS) is 1. The quantitative estimate of drug-likeness (QED) is 0.930. The second-order valence-corrected chi connectivity index (χ2v) is 5.94. The van der Waals surface area contributed by atoms with Crippen LogP contribution in [0.1, 0.15) is 37.2 Å². The van der Waals surface area contributed by atoms with Crippen molar-refractivity contribution in [3.8, 4) is 0 Å². The Hall–Kier alpha value is -2.04. The molecule has 1 atom stereocenters. The third-order valence-corrected chi connectivity index (χ3v) is 4.65. The molecule has 1 heterocycles. The number of nitrogens with zero attached hydrogens (tertiary/aromatic N) is 2. The van der Waals surface area contributed by atoms with Gasteiger partial charge in [-0.05, 0) is 30.9 Å². The van der Waals surface area contributed by atoms with Crippen LogP contribution in [-0.4, -0.2) is 41.6 Å². The highest BCUT2D eigenvalue weighted by atomic mass is 16.4. The zero-order chi connectivity index (χ0) is 15.0. The molecule has 1 fully saturated rings. The van der Waals surface area contributed by atoms with Gasteiger partial charge in [-0.3, -0.25) is 9.69 Å². The molecule has 1 aromatic rings. The van der Waals surface area contributed by atoms with E-state index in [4.69, 9.17) is 5.11 Å². The van der Waals surface area contributed by atoms with E-state index in [9.17, 15) is 9.59 Å². The number of hydrogen-bond acceptors (Lipinski definition) is 2. The van der Waals surface area contributed by atoms with Crippen molar-refractivity contribution < 1.29 is 14.7 Å². The third-order valence-electron chi connectivity index (χ3n) is 4.65. The summed E-state index contributed by atoms with van der Waals surface area (Å²) in [5.41, 5.74) is 1.83. The number of carbonyl (C=O) groups excluding carboxylic acids is 1. The summed E-state index contributed by atoms with van der Waals surface area (Å²) in [6.45, 7) is 0.460. The molecule has 0 bridgehead atoms. The van der Waals surface area contributed by atoms with Crippen LogP contribution in [0.5, 0.6) is 0 Å². The molecule has 21 heavy (non-hydrogen) atoms. The fourth-order valence-electron chi connectivity index (χ4n) is 3.18. The van der Waals surface area contributed by atoms with Crippen molar-refractivity contribution in [2.75, 3.05) is 18.5 Å². The van der Waals surface area contributed by atoms with Gasteiger partial charge in [-0.25, -0.2) is 4.79 Å². The Bertz CT molecular complexity index is 568. The maximum absolute atomic E-state index is 12.7. The standard InChI is InChI=1S/C16H20N2O3/c1-17(12-5-4-6-12)16(21)18-10-11(9-15(19)20)13-7-2-3-8-14(13)18/h2-3,7-8,11-12H,4-6,9-10H2,1H3,(H,19,20). The van der Waals surface area contributed by atoms with Gasteiger partial charge in [0.2, 0.25) is 0 Å². The molecule has 1 unspecified atom stereocenters. The first-order valence-electron chi connectivity index (χ1n) is 7.43. The number of carbonyl (C=O) groups is 2. The third kappa shape index (κ3) is 2.48. The molecule has 0 radical (unpaired) electrons. The Balaban J connectivity index is 1.83. The van der Waals surface area contributed by atoms with Crippen LogP contribution in [-0.2, 0) is 4.79 Å². The van der Waals surface area contributed by atoms with Crippen molar-refractivity contribution in [2.24, 2.45) is 0 Å². The van der Waals surface area contributed by atoms with Crippen LogP contribution in [0.3, 0.4) is 0 Å². The van der Waals surface area contributed by atoms with Crippen molar-refractivity contribution in [3.05, 3.63) is 29.8 Å². The van der Waals surface area contributed by atoms with Crippen molar-refractivity contribution in [1.82, 2.24) is 4.90 Å². The van der Waals surface area contributed by atoms with Crippen LogP contribution in [0.2, 0.25) is 0 Å². The van der Waals surface area contributed by atoms with E-state index in [-0.39, 0.29) is 18.4 Å². The van der Waals surface area contributed by atoms with Crippen LogP contribution in [0, 0.1) is 0 Å². The van der Waals surface area contributed by atoms with E-state index in [1.54, 1.807) is 4.90 Å². The molecule has 1 aliphatic heterocycles. The van der Waals surface area contributed by atoms with E-state index in [0.717, 1.165) is 24.1 Å². The number of urea groups is 1. The lowest BCUT2D eigenvalue weighted by atomic mass is 9.92. The highest BCUT2D eigenvalue weighted by molar-refractivity contribution is 5.95. The fraction of sp³-hybridized carbons (Fsp3) is 0.500. The second-order valence-electron chi connectivity index (χ2n) is 5.94. The number of para-hydroxylation sites is 1. The summed E-state index contributed by atoms with van der Waals surface area (Å²) < 4.78 is 0. The average Bonchev–Trinajstić information content (AvgIpc) is 2.74. The van der Waals surface area contributed by atoms with Crippen LogP contribution in [0.25, 0.3) is 0 Å². The van der Waals surface area contributed by atoms with Crippen molar-refractivity contribution in [3.63, 3.8) is 0 Å². The molecule has 0 spiro atoms. The van der Waals surface area contributed by atoms with E-state index in [1.807, 2.05) is 36.2 Å². The smallest absolute Gasteiger partial charge is 0.324 e. The number of aliphatic carboxylic acids is 1. The minimum Gasteiger partial charge on any atom is -0.481 e. The Morgan fingerprint density at radius 2 is 2.05 bits per heavy atom. The maximum atomic E-state index is 12.7. The highest BCUT2D eigenvalue weighted by Crippen LogP contribution is 2.39. The molecule has 2 amide bonds. The van der Waals surface area contributed by atoms with Gasteiger partial charge in [0.25, 0.3) is 0 Å². The minimum absolute atomic E-state index is 0.0139. The van der Waals surface area contributed by atoms with Gasteiger partial charge in [-0.15, -0.1) is 0 Å². The van der Waals surface area contributed by atoms with E-state index >= 15 is 0 Å². The number of benzene rings is 1. The largest absolute Gasteiger partial charge is 0.481 e. The number of anilines is 1. The lowest BCUT2D eigenvalue weighted by molar-refractivity contribution is -0.137. The summed E-state index contributed by atoms with van der Waals surface area (Å²) in [6, 6.07) is 7.95. The van der Waals surface area contributed by atoms with Gasteiger partial charge in [0.05, 0.1) is 6.42 Å². The molecule has 1 N–H and O–H groups in total. The van der Waals surface area contributed by atoms with Crippen molar-refractivity contribution >= 4 is 17.7 Å². The molecular formula is C16H20N2O3. The topological polar surface area (TPSA) is 60.9 Å². The first-order valence-corrected chi connectivity index (χ1v) is 7.43. The minimum atomic E-state index is -0.823. The number of amides is 2. The molecular weight excluding hydrogens is 268 g/mol. The Kier molecular flexibility index (Phi) is 3.57. The van der Waals surface area contributed by atoms with Crippen LogP contribution in [0.15, 0.2) is 24.3 Å². The lowest BCUT2D eigenvalue weighted by Gasteiger charge is -2.37. The van der Waals surface area contributed by atoms with E-state index < -0.39 is 5.97 Å². The van der Waals surface area contributed by atoms with Crippen LogP contribution < -0.4 is 4.90 Å². The fourth-order valence-corrected chi connectivity index (χ4v) is 3.18. The average molecular weight is 288 g/mol. The molecule has 3 rings (SSSR count). The summed E-state index contributed by atoms with van der Waals surface area (Å²) in [7, 11) is 1.85. The van der Waals surface area contributed by atoms with Gasteiger partial charge in [-0.1, -0.05) is 18.2 Å². The van der Waals surface area contributed by atoms with Crippen molar-refractivity contribution in [1.29, 1.82) is 0 Å². The van der Waals surface area contributed by atoms with Gasteiger partial charge in [-0.2, -0.15) is 0 Å². The molecule has 2 aliphatic rings. The lowest BCUT2D eigenvalue weighted by Crippen LogP contribution is -2.48. The summed E-state index contributed by atoms with van der Waals surface area (Å²) in [6.07, 6.45) is 3.38. The molecule has 0 saturated heterocycles. The molecule has 5 nitrogen and oxygen atoms in total. The first kappa shape index (κ1) is 13.9. The maximum Gasteiger partial charge on any atom is 0.324 e. The van der Waals surface area contributed by atoms with Crippen molar-refractivity contribution in [2.45, 2.75) is 37.6 Å². The summed E-state index contributed by atoms with van der Waals surface area (Å²) in [4.78, 5) is 27.2. The van der Waals surface area contributed by atoms with Gasteiger partial charge in [0, 0.05) is 31.2 Å². The summed E-state index contributed by atoms with van der Waals surface area (Å²) in [5, 5.41) is 9.06. The normalized spacial score (nSPS) is 20.8. The predicted octanol–water partition coefficient (Wildman–Crippen LogP) is 2.67. The zero-order valence-corrected chi connectivity index (χ0v) is 12.2. The monoisotopic (exact) mass is 288 g/mol. The molecule has 0 aromatic heterocycles. The SMILES string of the molecule is CN(C(=O)N1CC(CC(=O)O)c2ccccc21)C1CCC1. The number of rotatable bonds is 3. The molecule has 1 saturated carbocycles. The number of carboxylic acids is 1. The predicted molar refractivity (Wildman–Crippen MR) is 79.6 cm³/mol. The zero-order valence-electron chi connectivity index (χ0n) is 12.2. The van der Waals surface area contributed by atoms with E-state index in [0.29, 0.717) is 12.6 Å². The van der Waals surface area contributed by atoms with Crippen LogP contribution in [0.4, 0.5) is 10.5 Å². The summed E-state index contributed by atoms with van der Waals surface area (Å²) >= 11 is 0. The molecule has 5 heteroatoms. The second kappa shape index (κ2) is 5.39. The highest BCUT2D eigenvalue weighted by Gasteiger charge is 2.36. The van der Waals surface area contributed by atoms with Crippen LogP contribution >= 0.6 is 0 Å². The molecule has 1 aromatic carbocycles. The number of fused-ring (bicyclic) bond motifs is 1. The van der Waals surface area contributed by atoms with Gasteiger partial charge in [0.15, 0.2) is 0 Å². The van der Waals surface area contributed by atoms with Gasteiger partial charge >= 0.3 is 12.0 Å². The Labute approximate surface area is 124 Å². The summed E-state index contributed by atoms with van der Waals surface area (Å²) in [5.74, 6) is -0.936. The Morgan fingerprint density at radius 1 is 1.33 bits per heavy atom. The van der Waals surface area contributed by atoms with Gasteiger partial charge in [0.1, 0.15) is 0 Å². The molecule has 112 valence electrons. The van der Waals surface area contributed by atoms with E-state index in [2.05, 4.69) is 0 Å². The molecule has 1 aliphatic carbocycles.